The number of anilines is 1. The number of aromatic nitrogens is 3. The number of hydrogen-bond acceptors (Lipinski definition) is 6. The van der Waals surface area contributed by atoms with Crippen molar-refractivity contribution in [2.24, 2.45) is 7.05 Å². The smallest absolute Gasteiger partial charge is 0.171 e. The van der Waals surface area contributed by atoms with E-state index in [2.05, 4.69) is 15.0 Å². The summed E-state index contributed by atoms with van der Waals surface area (Å²) < 4.78 is 13.4. The van der Waals surface area contributed by atoms with Crippen molar-refractivity contribution in [3.63, 3.8) is 0 Å². The lowest BCUT2D eigenvalue weighted by atomic mass is 10.1. The molecule has 3 heterocycles. The van der Waals surface area contributed by atoms with E-state index in [1.807, 2.05) is 44.3 Å². The summed E-state index contributed by atoms with van der Waals surface area (Å²) in [5.41, 5.74) is 2.18. The average molecular weight is 380 g/mol. The summed E-state index contributed by atoms with van der Waals surface area (Å²) >= 11 is 0. The number of benzene rings is 1. The van der Waals surface area contributed by atoms with Gasteiger partial charge < -0.3 is 14.4 Å². The van der Waals surface area contributed by atoms with Crippen LogP contribution < -0.4 is 14.4 Å². The fourth-order valence-electron chi connectivity index (χ4n) is 3.75. The summed E-state index contributed by atoms with van der Waals surface area (Å²) in [6, 6.07) is 9.75. The summed E-state index contributed by atoms with van der Waals surface area (Å²) in [5, 5.41) is 5.10. The minimum Gasteiger partial charge on any atom is -0.494 e. The first-order valence-electron chi connectivity index (χ1n) is 9.61. The van der Waals surface area contributed by atoms with Crippen molar-refractivity contribution < 1.29 is 14.3 Å². The normalized spacial score (nSPS) is 15.0. The molecule has 1 aliphatic heterocycles. The molecule has 0 radical (unpaired) electrons. The van der Waals surface area contributed by atoms with Crippen molar-refractivity contribution in [3.05, 3.63) is 42.2 Å². The van der Waals surface area contributed by atoms with E-state index in [9.17, 15) is 4.79 Å². The van der Waals surface area contributed by atoms with Crippen LogP contribution in [0.4, 0.5) is 5.69 Å². The fraction of sp³-hybridized carbons (Fsp3) is 0.381. The van der Waals surface area contributed by atoms with Gasteiger partial charge >= 0.3 is 0 Å². The van der Waals surface area contributed by atoms with E-state index in [0.717, 1.165) is 60.4 Å². The number of nitrogens with zero attached hydrogens (tertiary/aromatic N) is 4. The second-order valence-electron chi connectivity index (χ2n) is 6.87. The molecule has 0 N–H and O–H groups in total. The monoisotopic (exact) mass is 380 g/mol. The van der Waals surface area contributed by atoms with Gasteiger partial charge in [-0.25, -0.2) is 9.67 Å². The molecule has 0 spiro atoms. The van der Waals surface area contributed by atoms with E-state index >= 15 is 0 Å². The summed E-state index contributed by atoms with van der Waals surface area (Å²) in [5.74, 6) is 1.67. The van der Waals surface area contributed by atoms with E-state index < -0.39 is 0 Å². The molecule has 1 fully saturated rings. The molecule has 7 heteroatoms. The second-order valence-corrected chi connectivity index (χ2v) is 6.87. The molecule has 7 nitrogen and oxygen atoms in total. The van der Waals surface area contributed by atoms with E-state index in [1.165, 1.54) is 0 Å². The topological polar surface area (TPSA) is 69.5 Å². The van der Waals surface area contributed by atoms with Crippen LogP contribution in [0.25, 0.3) is 11.0 Å². The first kappa shape index (κ1) is 18.3. The number of ether oxygens (including phenoxy) is 2. The molecule has 2 aromatic heterocycles. The highest BCUT2D eigenvalue weighted by molar-refractivity contribution is 6.01. The Morgan fingerprint density at radius 3 is 2.75 bits per heavy atom. The molecular formula is C21H24N4O3. The highest BCUT2D eigenvalue weighted by Crippen LogP contribution is 2.31. The zero-order valence-corrected chi connectivity index (χ0v) is 16.2. The zero-order valence-electron chi connectivity index (χ0n) is 16.2. The molecule has 0 atom stereocenters. The zero-order chi connectivity index (χ0) is 19.5. The van der Waals surface area contributed by atoms with Crippen LogP contribution in [0.5, 0.6) is 11.5 Å². The molecular weight excluding hydrogens is 356 g/mol. The third-order valence-corrected chi connectivity index (χ3v) is 5.04. The highest BCUT2D eigenvalue weighted by atomic mass is 16.5. The van der Waals surface area contributed by atoms with Crippen LogP contribution in [-0.2, 0) is 7.05 Å². The lowest BCUT2D eigenvalue weighted by Gasteiger charge is -2.34. The molecule has 1 aromatic carbocycles. The van der Waals surface area contributed by atoms with Crippen LogP contribution in [0, 0.1) is 0 Å². The molecule has 0 bridgehead atoms. The third-order valence-electron chi connectivity index (χ3n) is 5.04. The van der Waals surface area contributed by atoms with Crippen LogP contribution in [-0.4, -0.2) is 46.9 Å². The summed E-state index contributed by atoms with van der Waals surface area (Å²) in [6.45, 7) is 4.31. The lowest BCUT2D eigenvalue weighted by Crippen LogP contribution is -2.38. The van der Waals surface area contributed by atoms with Crippen LogP contribution in [0.3, 0.4) is 0 Å². The number of fused-ring (bicyclic) bond motifs is 1. The van der Waals surface area contributed by atoms with Gasteiger partial charge in [0, 0.05) is 45.2 Å². The number of rotatable bonds is 6. The van der Waals surface area contributed by atoms with E-state index in [-0.39, 0.29) is 6.10 Å². The molecule has 4 rings (SSSR count). The summed E-state index contributed by atoms with van der Waals surface area (Å²) in [7, 11) is 1.81. The number of aryl methyl sites for hydroxylation is 1. The number of carbonyl (C=O) groups is 1. The SMILES string of the molecule is CCOc1cccc(OC2CCN(c3ccnc4c3c(C=O)nn4C)CC2)c1. The molecule has 1 aliphatic rings. The largest absolute Gasteiger partial charge is 0.494 e. The maximum Gasteiger partial charge on any atom is 0.171 e. The van der Waals surface area contributed by atoms with Crippen molar-refractivity contribution in [1.29, 1.82) is 0 Å². The first-order valence-corrected chi connectivity index (χ1v) is 9.61. The predicted molar refractivity (Wildman–Crippen MR) is 107 cm³/mol. The number of carbonyl (C=O) groups excluding carboxylic acids is 1. The van der Waals surface area contributed by atoms with Gasteiger partial charge in [-0.05, 0) is 25.1 Å². The van der Waals surface area contributed by atoms with Crippen molar-refractivity contribution in [2.75, 3.05) is 24.6 Å². The molecule has 0 unspecified atom stereocenters. The Balaban J connectivity index is 1.47. The number of piperidine rings is 1. The molecule has 28 heavy (non-hydrogen) atoms. The highest BCUT2D eigenvalue weighted by Gasteiger charge is 2.24. The van der Waals surface area contributed by atoms with Gasteiger partial charge in [-0.15, -0.1) is 0 Å². The molecule has 0 amide bonds. The van der Waals surface area contributed by atoms with Crippen molar-refractivity contribution in [3.8, 4) is 11.5 Å². The number of hydrogen-bond donors (Lipinski definition) is 0. The van der Waals surface area contributed by atoms with Crippen LogP contribution in [0.2, 0.25) is 0 Å². The molecule has 146 valence electrons. The fourth-order valence-corrected chi connectivity index (χ4v) is 3.75. The average Bonchev–Trinajstić information content (AvgIpc) is 3.05. The van der Waals surface area contributed by atoms with Gasteiger partial charge in [0.2, 0.25) is 0 Å². The van der Waals surface area contributed by atoms with Crippen LogP contribution in [0.15, 0.2) is 36.5 Å². The van der Waals surface area contributed by atoms with Gasteiger partial charge in [0.05, 0.1) is 17.7 Å². The Morgan fingerprint density at radius 2 is 2.00 bits per heavy atom. The van der Waals surface area contributed by atoms with E-state index in [0.29, 0.717) is 12.3 Å². The minimum atomic E-state index is 0.157. The Morgan fingerprint density at radius 1 is 1.21 bits per heavy atom. The van der Waals surface area contributed by atoms with E-state index in [4.69, 9.17) is 9.47 Å². The maximum atomic E-state index is 11.4. The van der Waals surface area contributed by atoms with E-state index in [1.54, 1.807) is 10.9 Å². The van der Waals surface area contributed by atoms with Gasteiger partial charge in [-0.1, -0.05) is 6.07 Å². The predicted octanol–water partition coefficient (Wildman–Crippen LogP) is 3.23. The van der Waals surface area contributed by atoms with Gasteiger partial charge in [-0.2, -0.15) is 5.10 Å². The Hall–Kier alpha value is -3.09. The number of aldehydes is 1. The minimum absolute atomic E-state index is 0.157. The van der Waals surface area contributed by atoms with Crippen molar-refractivity contribution >= 4 is 23.0 Å². The molecule has 0 saturated carbocycles. The van der Waals surface area contributed by atoms with Gasteiger partial charge in [0.1, 0.15) is 23.3 Å². The van der Waals surface area contributed by atoms with Gasteiger partial charge in [0.25, 0.3) is 0 Å². The van der Waals surface area contributed by atoms with Crippen molar-refractivity contribution in [1.82, 2.24) is 14.8 Å². The maximum absolute atomic E-state index is 11.4. The van der Waals surface area contributed by atoms with Crippen LogP contribution in [0.1, 0.15) is 30.3 Å². The summed E-state index contributed by atoms with van der Waals surface area (Å²) in [6.07, 6.45) is 4.54. The second kappa shape index (κ2) is 7.88. The van der Waals surface area contributed by atoms with Crippen molar-refractivity contribution in [2.45, 2.75) is 25.9 Å². The Kier molecular flexibility index (Phi) is 5.14. The lowest BCUT2D eigenvalue weighted by molar-refractivity contribution is 0.111. The number of pyridine rings is 1. The molecule has 3 aromatic rings. The van der Waals surface area contributed by atoms with Gasteiger partial charge in [0.15, 0.2) is 11.9 Å². The quantitative estimate of drug-likeness (QED) is 0.612. The first-order chi connectivity index (χ1) is 13.7. The third kappa shape index (κ3) is 3.52. The standard InChI is InChI=1S/C21H24N4O3/c1-3-27-16-5-4-6-17(13-16)28-15-8-11-25(12-9-15)19-7-10-22-21-20(19)18(14-26)23-24(21)2/h4-7,10,13-15H,3,8-9,11-12H2,1-2H3. The molecule has 0 aliphatic carbocycles. The van der Waals surface area contributed by atoms with Crippen LogP contribution >= 0.6 is 0 Å². The van der Waals surface area contributed by atoms with Gasteiger partial charge in [-0.3, -0.25) is 4.79 Å². The Labute approximate surface area is 163 Å². The molecule has 1 saturated heterocycles. The summed E-state index contributed by atoms with van der Waals surface area (Å²) in [4.78, 5) is 18.1. The Bertz CT molecular complexity index is 977.